The van der Waals surface area contributed by atoms with E-state index >= 15 is 0 Å². The fraction of sp³-hybridized carbons (Fsp3) is 0.250. The number of halogens is 4. The van der Waals surface area contributed by atoms with Crippen LogP contribution in [0.5, 0.6) is 0 Å². The Morgan fingerprint density at radius 1 is 1.37 bits per heavy atom. The lowest BCUT2D eigenvalue weighted by Crippen LogP contribution is -2.22. The summed E-state index contributed by atoms with van der Waals surface area (Å²) < 4.78 is 29.8. The van der Waals surface area contributed by atoms with Gasteiger partial charge in [0.25, 0.3) is 0 Å². The van der Waals surface area contributed by atoms with Crippen LogP contribution in [0.15, 0.2) is 22.8 Å². The van der Waals surface area contributed by atoms with Crippen molar-refractivity contribution in [2.24, 2.45) is 7.05 Å². The standard InChI is InChI=1S/C12H11BrClF2N3/c1-17-11(12-7(13)5-18-19(12)2)6-3-10(16)8(14)4-9(6)15/h3-5,11,17H,1-2H3. The van der Waals surface area contributed by atoms with Gasteiger partial charge in [-0.2, -0.15) is 5.10 Å². The normalized spacial score (nSPS) is 12.7. The van der Waals surface area contributed by atoms with Crippen molar-refractivity contribution >= 4 is 27.5 Å². The van der Waals surface area contributed by atoms with Crippen LogP contribution in [0.25, 0.3) is 0 Å². The zero-order valence-corrected chi connectivity index (χ0v) is 12.6. The van der Waals surface area contributed by atoms with Crippen molar-refractivity contribution in [1.29, 1.82) is 0 Å². The van der Waals surface area contributed by atoms with E-state index in [1.165, 1.54) is 0 Å². The van der Waals surface area contributed by atoms with E-state index in [2.05, 4.69) is 26.3 Å². The molecule has 1 aromatic heterocycles. The summed E-state index contributed by atoms with van der Waals surface area (Å²) >= 11 is 8.91. The molecule has 0 bridgehead atoms. The fourth-order valence-electron chi connectivity index (χ4n) is 1.94. The molecule has 1 N–H and O–H groups in total. The second-order valence-electron chi connectivity index (χ2n) is 4.01. The Morgan fingerprint density at radius 2 is 2.05 bits per heavy atom. The minimum atomic E-state index is -0.656. The lowest BCUT2D eigenvalue weighted by atomic mass is 10.0. The minimum absolute atomic E-state index is 0.175. The highest BCUT2D eigenvalue weighted by Crippen LogP contribution is 2.31. The van der Waals surface area contributed by atoms with Gasteiger partial charge in [-0.3, -0.25) is 4.68 Å². The molecule has 0 spiro atoms. The fourth-order valence-corrected chi connectivity index (χ4v) is 2.67. The number of nitrogens with one attached hydrogen (secondary N) is 1. The van der Waals surface area contributed by atoms with E-state index in [1.807, 2.05) is 0 Å². The largest absolute Gasteiger partial charge is 0.308 e. The van der Waals surface area contributed by atoms with Gasteiger partial charge in [-0.1, -0.05) is 11.6 Å². The van der Waals surface area contributed by atoms with Gasteiger partial charge in [0.2, 0.25) is 0 Å². The molecule has 7 heteroatoms. The molecular formula is C12H11BrClF2N3. The van der Waals surface area contributed by atoms with Gasteiger partial charge in [-0.25, -0.2) is 8.78 Å². The predicted octanol–water partition coefficient (Wildman–Crippen LogP) is 3.42. The van der Waals surface area contributed by atoms with Crippen molar-refractivity contribution in [1.82, 2.24) is 15.1 Å². The molecule has 19 heavy (non-hydrogen) atoms. The average Bonchev–Trinajstić information content (AvgIpc) is 2.68. The summed E-state index contributed by atoms with van der Waals surface area (Å²) in [6.45, 7) is 0. The summed E-state index contributed by atoms with van der Waals surface area (Å²) in [6.07, 6.45) is 1.60. The van der Waals surface area contributed by atoms with Crippen LogP contribution < -0.4 is 5.32 Å². The van der Waals surface area contributed by atoms with Crippen molar-refractivity contribution in [3.05, 3.63) is 50.7 Å². The Balaban J connectivity index is 2.58. The van der Waals surface area contributed by atoms with E-state index < -0.39 is 17.7 Å². The number of hydrogen-bond acceptors (Lipinski definition) is 2. The highest BCUT2D eigenvalue weighted by atomic mass is 79.9. The van der Waals surface area contributed by atoms with Gasteiger partial charge in [0.15, 0.2) is 0 Å². The van der Waals surface area contributed by atoms with E-state index in [0.29, 0.717) is 10.2 Å². The van der Waals surface area contributed by atoms with E-state index in [-0.39, 0.29) is 10.6 Å². The van der Waals surface area contributed by atoms with Crippen molar-refractivity contribution < 1.29 is 8.78 Å². The smallest absolute Gasteiger partial charge is 0.142 e. The molecule has 1 heterocycles. The van der Waals surface area contributed by atoms with Crippen molar-refractivity contribution in [2.75, 3.05) is 7.05 Å². The third-order valence-corrected chi connectivity index (χ3v) is 3.75. The molecule has 2 aromatic rings. The second-order valence-corrected chi connectivity index (χ2v) is 5.27. The first-order valence-electron chi connectivity index (χ1n) is 5.44. The maximum atomic E-state index is 14.0. The molecule has 0 saturated carbocycles. The first-order valence-corrected chi connectivity index (χ1v) is 6.62. The molecule has 102 valence electrons. The maximum absolute atomic E-state index is 14.0. The third-order valence-electron chi connectivity index (χ3n) is 2.85. The number of nitrogens with zero attached hydrogens (tertiary/aromatic N) is 2. The minimum Gasteiger partial charge on any atom is -0.308 e. The molecule has 0 amide bonds. The van der Waals surface area contributed by atoms with Gasteiger partial charge in [0.1, 0.15) is 11.6 Å². The van der Waals surface area contributed by atoms with Crippen LogP contribution in [-0.4, -0.2) is 16.8 Å². The summed E-state index contributed by atoms with van der Waals surface area (Å²) in [5.41, 5.74) is 0.872. The van der Waals surface area contributed by atoms with Crippen LogP contribution in [0.1, 0.15) is 17.3 Å². The van der Waals surface area contributed by atoms with Crippen LogP contribution in [0, 0.1) is 11.6 Å². The topological polar surface area (TPSA) is 29.9 Å². The number of aryl methyl sites for hydroxylation is 1. The van der Waals surface area contributed by atoms with Gasteiger partial charge in [0, 0.05) is 12.6 Å². The van der Waals surface area contributed by atoms with Crippen molar-refractivity contribution in [2.45, 2.75) is 6.04 Å². The molecule has 3 nitrogen and oxygen atoms in total. The number of rotatable bonds is 3. The molecule has 0 aliphatic heterocycles. The summed E-state index contributed by atoms with van der Waals surface area (Å²) in [6, 6.07) is 1.53. The van der Waals surface area contributed by atoms with Gasteiger partial charge >= 0.3 is 0 Å². The Morgan fingerprint density at radius 3 is 2.58 bits per heavy atom. The Kier molecular flexibility index (Phi) is 4.23. The zero-order valence-electron chi connectivity index (χ0n) is 10.2. The predicted molar refractivity (Wildman–Crippen MR) is 73.2 cm³/mol. The molecule has 1 atom stereocenters. The molecule has 2 rings (SSSR count). The van der Waals surface area contributed by atoms with Crippen molar-refractivity contribution in [3.63, 3.8) is 0 Å². The third kappa shape index (κ3) is 2.66. The first-order chi connectivity index (χ1) is 8.95. The lowest BCUT2D eigenvalue weighted by molar-refractivity contribution is 0.538. The average molecular weight is 351 g/mol. The Hall–Kier alpha value is -0.980. The maximum Gasteiger partial charge on any atom is 0.142 e. The summed E-state index contributed by atoms with van der Waals surface area (Å²) in [5.74, 6) is -1.23. The van der Waals surface area contributed by atoms with Crippen LogP contribution in [-0.2, 0) is 7.05 Å². The zero-order chi connectivity index (χ0) is 14.2. The summed E-state index contributed by atoms with van der Waals surface area (Å²) in [4.78, 5) is 0. The monoisotopic (exact) mass is 349 g/mol. The van der Waals surface area contributed by atoms with E-state index in [9.17, 15) is 8.78 Å². The quantitative estimate of drug-likeness (QED) is 0.860. The van der Waals surface area contributed by atoms with Gasteiger partial charge in [0.05, 0.1) is 27.4 Å². The molecule has 1 unspecified atom stereocenters. The van der Waals surface area contributed by atoms with Crippen LogP contribution in [0.3, 0.4) is 0 Å². The molecule has 0 fully saturated rings. The lowest BCUT2D eigenvalue weighted by Gasteiger charge is -2.19. The van der Waals surface area contributed by atoms with Crippen LogP contribution in [0.4, 0.5) is 8.78 Å². The molecule has 0 saturated heterocycles. The molecule has 0 radical (unpaired) electrons. The molecule has 1 aromatic carbocycles. The van der Waals surface area contributed by atoms with E-state index in [0.717, 1.165) is 12.1 Å². The van der Waals surface area contributed by atoms with Gasteiger partial charge < -0.3 is 5.32 Å². The molecular weight excluding hydrogens is 340 g/mol. The van der Waals surface area contributed by atoms with Gasteiger partial charge in [-0.05, 0) is 35.1 Å². The number of aromatic nitrogens is 2. The second kappa shape index (κ2) is 5.56. The molecule has 0 aliphatic rings. The number of benzene rings is 1. The molecule has 0 aliphatic carbocycles. The highest BCUT2D eigenvalue weighted by Gasteiger charge is 2.23. The van der Waals surface area contributed by atoms with Gasteiger partial charge in [-0.15, -0.1) is 0 Å². The van der Waals surface area contributed by atoms with Crippen molar-refractivity contribution in [3.8, 4) is 0 Å². The van der Waals surface area contributed by atoms with Crippen LogP contribution in [0.2, 0.25) is 5.02 Å². The highest BCUT2D eigenvalue weighted by molar-refractivity contribution is 9.10. The number of hydrogen-bond donors (Lipinski definition) is 1. The summed E-state index contributed by atoms with van der Waals surface area (Å²) in [7, 11) is 3.39. The van der Waals surface area contributed by atoms with E-state index in [1.54, 1.807) is 25.0 Å². The summed E-state index contributed by atoms with van der Waals surface area (Å²) in [5, 5.41) is 6.78. The Labute approximate surface area is 122 Å². The van der Waals surface area contributed by atoms with E-state index in [4.69, 9.17) is 11.6 Å². The first kappa shape index (κ1) is 14.4. The Bertz CT molecular complexity index is 596. The van der Waals surface area contributed by atoms with Crippen LogP contribution >= 0.6 is 27.5 Å². The SMILES string of the molecule is CNC(c1cc(F)c(Cl)cc1F)c1c(Br)cnn1C.